The Labute approximate surface area is 88.6 Å². The van der Waals surface area contributed by atoms with Crippen molar-refractivity contribution in [3.63, 3.8) is 0 Å². The fraction of sp³-hybridized carbons (Fsp3) is 0.500. The first kappa shape index (κ1) is 9.67. The lowest BCUT2D eigenvalue weighted by Crippen LogP contribution is -2.15. The maximum absolute atomic E-state index is 10.9. The summed E-state index contributed by atoms with van der Waals surface area (Å²) in [6, 6.07) is -0.0140. The van der Waals surface area contributed by atoms with Gasteiger partial charge in [-0.25, -0.2) is 4.79 Å². The Hall–Kier alpha value is -0.880. The van der Waals surface area contributed by atoms with Gasteiger partial charge in [-0.05, 0) is 35.3 Å². The first-order valence-corrected chi connectivity index (χ1v) is 5.11. The first-order chi connectivity index (χ1) is 6.70. The van der Waals surface area contributed by atoms with Crippen LogP contribution in [0, 0.1) is 0 Å². The summed E-state index contributed by atoms with van der Waals surface area (Å²) in [6.45, 7) is 0.891. The Bertz CT molecular complexity index is 357. The van der Waals surface area contributed by atoms with Gasteiger partial charge in [0.25, 0.3) is 0 Å². The summed E-state index contributed by atoms with van der Waals surface area (Å²) >= 11 is 3.05. The van der Waals surface area contributed by atoms with E-state index in [1.165, 1.54) is 0 Å². The van der Waals surface area contributed by atoms with Crippen LogP contribution in [0.2, 0.25) is 0 Å². The van der Waals surface area contributed by atoms with Crippen molar-refractivity contribution in [3.05, 3.63) is 15.9 Å². The quantitative estimate of drug-likeness (QED) is 0.844. The Balaban J connectivity index is 2.37. The molecule has 0 aliphatic carbocycles. The highest BCUT2D eigenvalue weighted by atomic mass is 79.9. The summed E-state index contributed by atoms with van der Waals surface area (Å²) in [5.74, 6) is -0.594. The normalized spacial score (nSPS) is 21.4. The van der Waals surface area contributed by atoms with Crippen LogP contribution in [0.3, 0.4) is 0 Å². The molecule has 1 aliphatic heterocycles. The van der Waals surface area contributed by atoms with Crippen LogP contribution in [-0.2, 0) is 0 Å². The predicted octanol–water partition coefficient (Wildman–Crippen LogP) is 1.56. The third-order valence-corrected chi connectivity index (χ3v) is 2.81. The van der Waals surface area contributed by atoms with Gasteiger partial charge in [0.15, 0.2) is 10.4 Å². The highest BCUT2D eigenvalue weighted by Gasteiger charge is 2.29. The maximum atomic E-state index is 10.9. The fourth-order valence-corrected chi connectivity index (χ4v) is 2.06. The van der Waals surface area contributed by atoms with Gasteiger partial charge in [-0.1, -0.05) is 5.16 Å². The molecule has 14 heavy (non-hydrogen) atoms. The van der Waals surface area contributed by atoms with Crippen LogP contribution < -0.4 is 5.32 Å². The van der Waals surface area contributed by atoms with Crippen molar-refractivity contribution in [1.82, 2.24) is 10.5 Å². The predicted molar refractivity (Wildman–Crippen MR) is 51.1 cm³/mol. The van der Waals surface area contributed by atoms with E-state index in [1.54, 1.807) is 0 Å². The average Bonchev–Trinajstić information content (AvgIpc) is 2.70. The van der Waals surface area contributed by atoms with Crippen LogP contribution >= 0.6 is 15.9 Å². The van der Waals surface area contributed by atoms with Gasteiger partial charge >= 0.3 is 5.97 Å². The van der Waals surface area contributed by atoms with Gasteiger partial charge in [-0.15, -0.1) is 0 Å². The molecule has 1 fully saturated rings. The smallest absolute Gasteiger partial charge is 0.342 e. The van der Waals surface area contributed by atoms with Gasteiger partial charge in [0, 0.05) is 0 Å². The second kappa shape index (κ2) is 3.70. The van der Waals surface area contributed by atoms with E-state index < -0.39 is 5.97 Å². The molecule has 2 heterocycles. The highest BCUT2D eigenvalue weighted by Crippen LogP contribution is 2.30. The minimum absolute atomic E-state index is 0.0140. The Kier molecular flexibility index (Phi) is 2.56. The molecule has 0 aromatic carbocycles. The zero-order valence-electron chi connectivity index (χ0n) is 7.29. The van der Waals surface area contributed by atoms with E-state index in [0.717, 1.165) is 19.4 Å². The molecule has 6 heteroatoms. The monoisotopic (exact) mass is 260 g/mol. The van der Waals surface area contributed by atoms with E-state index in [2.05, 4.69) is 26.4 Å². The zero-order chi connectivity index (χ0) is 10.1. The van der Waals surface area contributed by atoms with Crippen molar-refractivity contribution >= 4 is 21.9 Å². The second-order valence-electron chi connectivity index (χ2n) is 3.17. The minimum atomic E-state index is -1.01. The Morgan fingerprint density at radius 3 is 3.07 bits per heavy atom. The number of aromatic carboxylic acids is 1. The molecular formula is C8H9BrN2O3. The van der Waals surface area contributed by atoms with Gasteiger partial charge in [0.2, 0.25) is 0 Å². The van der Waals surface area contributed by atoms with E-state index in [0.29, 0.717) is 5.76 Å². The highest BCUT2D eigenvalue weighted by molar-refractivity contribution is 9.10. The first-order valence-electron chi connectivity index (χ1n) is 4.32. The van der Waals surface area contributed by atoms with Crippen LogP contribution in [-0.4, -0.2) is 22.8 Å². The summed E-state index contributed by atoms with van der Waals surface area (Å²) in [5, 5.41) is 15.7. The molecule has 1 aliphatic rings. The number of rotatable bonds is 2. The van der Waals surface area contributed by atoms with Gasteiger partial charge in [0.1, 0.15) is 5.56 Å². The van der Waals surface area contributed by atoms with Crippen molar-refractivity contribution in [1.29, 1.82) is 0 Å². The molecule has 0 spiro atoms. The summed E-state index contributed by atoms with van der Waals surface area (Å²) in [7, 11) is 0. The Morgan fingerprint density at radius 1 is 1.71 bits per heavy atom. The molecule has 1 saturated heterocycles. The lowest BCUT2D eigenvalue weighted by Gasteiger charge is -2.05. The summed E-state index contributed by atoms with van der Waals surface area (Å²) in [6.07, 6.45) is 1.92. The van der Waals surface area contributed by atoms with Crippen LogP contribution in [0.1, 0.15) is 35.0 Å². The molecule has 5 nitrogen and oxygen atoms in total. The molecule has 2 N–H and O–H groups in total. The molecule has 0 amide bonds. The third-order valence-electron chi connectivity index (χ3n) is 2.27. The number of hydrogen-bond donors (Lipinski definition) is 2. The average molecular weight is 261 g/mol. The van der Waals surface area contributed by atoms with E-state index >= 15 is 0 Å². The maximum Gasteiger partial charge on any atom is 0.342 e. The van der Waals surface area contributed by atoms with Crippen molar-refractivity contribution < 1.29 is 14.4 Å². The number of aromatic nitrogens is 1. The van der Waals surface area contributed by atoms with E-state index in [-0.39, 0.29) is 16.2 Å². The summed E-state index contributed by atoms with van der Waals surface area (Å²) in [4.78, 5) is 10.9. The summed E-state index contributed by atoms with van der Waals surface area (Å²) < 4.78 is 5.26. The summed E-state index contributed by atoms with van der Waals surface area (Å²) in [5.41, 5.74) is 0.129. The molecule has 76 valence electrons. The van der Waals surface area contributed by atoms with Crippen LogP contribution in [0.5, 0.6) is 0 Å². The van der Waals surface area contributed by atoms with Gasteiger partial charge < -0.3 is 14.9 Å². The van der Waals surface area contributed by atoms with Crippen LogP contribution in [0.15, 0.2) is 9.13 Å². The molecule has 1 aromatic heterocycles. The fourth-order valence-electron chi connectivity index (χ4n) is 1.62. The molecule has 0 saturated carbocycles. The number of nitrogens with zero attached hydrogens (tertiary/aromatic N) is 1. The lowest BCUT2D eigenvalue weighted by atomic mass is 10.1. The van der Waals surface area contributed by atoms with Crippen molar-refractivity contribution in [3.8, 4) is 0 Å². The SMILES string of the molecule is O=C(O)c1c(Br)noc1C1CCCN1. The van der Waals surface area contributed by atoms with E-state index in [1.807, 2.05) is 0 Å². The van der Waals surface area contributed by atoms with E-state index in [9.17, 15) is 4.79 Å². The van der Waals surface area contributed by atoms with Crippen molar-refractivity contribution in [2.24, 2.45) is 0 Å². The number of nitrogens with one attached hydrogen (secondary N) is 1. The van der Waals surface area contributed by atoms with Crippen LogP contribution in [0.25, 0.3) is 0 Å². The Morgan fingerprint density at radius 2 is 2.50 bits per heavy atom. The second-order valence-corrected chi connectivity index (χ2v) is 3.92. The molecular weight excluding hydrogens is 252 g/mol. The van der Waals surface area contributed by atoms with Gasteiger partial charge in [-0.3, -0.25) is 0 Å². The van der Waals surface area contributed by atoms with Crippen molar-refractivity contribution in [2.45, 2.75) is 18.9 Å². The van der Waals surface area contributed by atoms with Gasteiger partial charge in [0.05, 0.1) is 6.04 Å². The largest absolute Gasteiger partial charge is 0.477 e. The van der Waals surface area contributed by atoms with Crippen LogP contribution in [0.4, 0.5) is 0 Å². The molecule has 1 aromatic rings. The number of carboxylic acid groups (broad SMARTS) is 1. The zero-order valence-corrected chi connectivity index (χ0v) is 8.87. The molecule has 2 rings (SSSR count). The minimum Gasteiger partial charge on any atom is -0.477 e. The van der Waals surface area contributed by atoms with Crippen molar-refractivity contribution in [2.75, 3.05) is 6.54 Å². The molecule has 1 unspecified atom stereocenters. The lowest BCUT2D eigenvalue weighted by molar-refractivity contribution is 0.0692. The van der Waals surface area contributed by atoms with E-state index in [4.69, 9.17) is 9.63 Å². The number of hydrogen-bond acceptors (Lipinski definition) is 4. The van der Waals surface area contributed by atoms with Gasteiger partial charge in [-0.2, -0.15) is 0 Å². The number of halogens is 1. The number of carboxylic acids is 1. The topological polar surface area (TPSA) is 75.4 Å². The molecule has 1 atom stereocenters. The third kappa shape index (κ3) is 1.55. The number of carbonyl (C=O) groups is 1. The standard InChI is InChI=1S/C8H9BrN2O3/c9-7-5(8(12)13)6(14-11-7)4-2-1-3-10-4/h4,10H,1-3H2,(H,12,13). The molecule has 0 bridgehead atoms. The molecule has 0 radical (unpaired) electrons.